The van der Waals surface area contributed by atoms with Crippen LogP contribution in [-0.4, -0.2) is 29.5 Å². The number of sulfonamides is 1. The molecule has 2 rings (SSSR count). The molecule has 0 fully saturated rings. The molecule has 0 unspecified atom stereocenters. The van der Waals surface area contributed by atoms with Gasteiger partial charge in [0.2, 0.25) is 5.16 Å². The number of imidazole rings is 1. The van der Waals surface area contributed by atoms with Gasteiger partial charge >= 0.3 is 5.97 Å². The first-order valence-corrected chi connectivity index (χ1v) is 6.43. The Balaban J connectivity index is 2.42. The van der Waals surface area contributed by atoms with Gasteiger partial charge in [-0.25, -0.2) is 14.2 Å². The van der Waals surface area contributed by atoms with Gasteiger partial charge in [0.1, 0.15) is 5.82 Å². The largest absolute Gasteiger partial charge is 0.478 e. The lowest BCUT2D eigenvalue weighted by Gasteiger charge is -2.08. The van der Waals surface area contributed by atoms with Crippen molar-refractivity contribution in [3.63, 3.8) is 0 Å². The number of carboxylic acid groups (broad SMARTS) is 1. The Morgan fingerprint density at radius 1 is 1.42 bits per heavy atom. The molecule has 0 saturated carbocycles. The third-order valence-electron chi connectivity index (χ3n) is 2.18. The minimum atomic E-state index is -4.04. The lowest BCUT2D eigenvalue weighted by molar-refractivity contribution is 0.0697. The molecule has 1 heterocycles. The van der Waals surface area contributed by atoms with Gasteiger partial charge in [0.25, 0.3) is 10.0 Å². The Morgan fingerprint density at radius 3 is 2.74 bits per heavy atom. The van der Waals surface area contributed by atoms with E-state index >= 15 is 0 Å². The summed E-state index contributed by atoms with van der Waals surface area (Å²) in [5, 5.41) is 8.53. The van der Waals surface area contributed by atoms with Crippen LogP contribution in [0.1, 0.15) is 10.4 Å². The van der Waals surface area contributed by atoms with E-state index in [-0.39, 0.29) is 10.8 Å². The van der Waals surface area contributed by atoms with E-state index in [1.165, 1.54) is 12.4 Å². The van der Waals surface area contributed by atoms with Crippen molar-refractivity contribution in [1.29, 1.82) is 0 Å². The molecule has 9 heteroatoms. The highest BCUT2D eigenvalue weighted by Crippen LogP contribution is 2.20. The highest BCUT2D eigenvalue weighted by molar-refractivity contribution is 7.92. The van der Waals surface area contributed by atoms with Crippen LogP contribution in [0.2, 0.25) is 0 Å². The molecule has 0 bridgehead atoms. The lowest BCUT2D eigenvalue weighted by Crippen LogP contribution is -2.17. The number of rotatable bonds is 4. The molecular weight excluding hydrogens is 277 g/mol. The number of hydrogen-bond donors (Lipinski definition) is 3. The second-order valence-electron chi connectivity index (χ2n) is 3.49. The summed E-state index contributed by atoms with van der Waals surface area (Å²) in [6.45, 7) is 0. The van der Waals surface area contributed by atoms with Crippen molar-refractivity contribution in [2.75, 3.05) is 4.72 Å². The number of H-pyrrole nitrogens is 1. The molecule has 0 saturated heterocycles. The van der Waals surface area contributed by atoms with Gasteiger partial charge in [0.05, 0.1) is 11.3 Å². The molecule has 100 valence electrons. The third-order valence-corrected chi connectivity index (χ3v) is 3.41. The van der Waals surface area contributed by atoms with Crippen LogP contribution in [0, 0.1) is 5.82 Å². The quantitative estimate of drug-likeness (QED) is 0.777. The first-order valence-electron chi connectivity index (χ1n) is 4.95. The number of carbonyl (C=O) groups is 1. The molecule has 1 aromatic carbocycles. The van der Waals surface area contributed by atoms with Crippen molar-refractivity contribution in [3.05, 3.63) is 42.0 Å². The van der Waals surface area contributed by atoms with E-state index in [0.29, 0.717) is 0 Å². The number of nitrogens with zero attached hydrogens (tertiary/aromatic N) is 1. The van der Waals surface area contributed by atoms with Crippen molar-refractivity contribution in [3.8, 4) is 0 Å². The average Bonchev–Trinajstić information content (AvgIpc) is 2.85. The van der Waals surface area contributed by atoms with E-state index in [9.17, 15) is 17.6 Å². The van der Waals surface area contributed by atoms with E-state index in [1.807, 2.05) is 4.72 Å². The molecule has 0 spiro atoms. The normalized spacial score (nSPS) is 11.2. The van der Waals surface area contributed by atoms with Crippen LogP contribution in [0.3, 0.4) is 0 Å². The molecular formula is C10H8FN3O4S. The zero-order valence-corrected chi connectivity index (χ0v) is 10.1. The van der Waals surface area contributed by atoms with Crippen molar-refractivity contribution >= 4 is 21.7 Å². The number of halogens is 1. The van der Waals surface area contributed by atoms with Gasteiger partial charge in [0.15, 0.2) is 0 Å². The number of aromatic amines is 1. The summed E-state index contributed by atoms with van der Waals surface area (Å²) >= 11 is 0. The Hall–Kier alpha value is -2.42. The number of hydrogen-bond acceptors (Lipinski definition) is 4. The fraction of sp³-hybridized carbons (Fsp3) is 0. The van der Waals surface area contributed by atoms with Crippen molar-refractivity contribution in [1.82, 2.24) is 9.97 Å². The monoisotopic (exact) mass is 285 g/mol. The van der Waals surface area contributed by atoms with Crippen LogP contribution in [0.5, 0.6) is 0 Å². The van der Waals surface area contributed by atoms with E-state index in [4.69, 9.17) is 5.11 Å². The molecule has 3 N–H and O–H groups in total. The van der Waals surface area contributed by atoms with Crippen molar-refractivity contribution < 1.29 is 22.7 Å². The first kappa shape index (κ1) is 13.0. The lowest BCUT2D eigenvalue weighted by atomic mass is 10.2. The fourth-order valence-corrected chi connectivity index (χ4v) is 2.36. The zero-order valence-electron chi connectivity index (χ0n) is 9.29. The molecule has 19 heavy (non-hydrogen) atoms. The Morgan fingerprint density at radius 2 is 2.16 bits per heavy atom. The summed E-state index contributed by atoms with van der Waals surface area (Å²) in [5.41, 5.74) is -0.736. The van der Waals surface area contributed by atoms with Crippen molar-refractivity contribution in [2.24, 2.45) is 0 Å². The smallest absolute Gasteiger partial charge is 0.337 e. The maximum absolute atomic E-state index is 13.0. The standard InChI is InChI=1S/C10H8FN3O4S/c11-6-1-2-8(7(5-6)9(15)16)14-19(17,18)10-12-3-4-13-10/h1-5,14H,(H,12,13)(H,15,16). The van der Waals surface area contributed by atoms with Gasteiger partial charge in [-0.1, -0.05) is 0 Å². The van der Waals surface area contributed by atoms with Gasteiger partial charge in [-0.05, 0) is 18.2 Å². The Bertz CT molecular complexity index is 712. The summed E-state index contributed by atoms with van der Waals surface area (Å²) in [4.78, 5) is 16.8. The molecule has 0 aliphatic rings. The molecule has 0 atom stereocenters. The molecule has 1 aromatic heterocycles. The molecule has 0 aliphatic heterocycles. The predicted molar refractivity (Wildman–Crippen MR) is 62.8 cm³/mol. The van der Waals surface area contributed by atoms with E-state index < -0.39 is 27.4 Å². The minimum absolute atomic E-state index is 0.245. The maximum atomic E-state index is 13.0. The van der Waals surface area contributed by atoms with Crippen LogP contribution in [0.25, 0.3) is 0 Å². The number of aromatic nitrogens is 2. The van der Waals surface area contributed by atoms with Crippen LogP contribution in [0.4, 0.5) is 10.1 Å². The average molecular weight is 285 g/mol. The topological polar surface area (TPSA) is 112 Å². The minimum Gasteiger partial charge on any atom is -0.478 e. The SMILES string of the molecule is O=C(O)c1cc(F)ccc1NS(=O)(=O)c1ncc[nH]1. The van der Waals surface area contributed by atoms with Crippen LogP contribution >= 0.6 is 0 Å². The van der Waals surface area contributed by atoms with Gasteiger partial charge in [-0.15, -0.1) is 0 Å². The summed E-state index contributed by atoms with van der Waals surface area (Å²) in [6, 6.07) is 2.70. The van der Waals surface area contributed by atoms with Crippen molar-refractivity contribution in [2.45, 2.75) is 5.16 Å². The summed E-state index contributed by atoms with van der Waals surface area (Å²) < 4.78 is 38.6. The number of nitrogens with one attached hydrogen (secondary N) is 2. The Kier molecular flexibility index (Phi) is 3.21. The van der Waals surface area contributed by atoms with Gasteiger partial charge in [-0.3, -0.25) is 4.72 Å². The number of aromatic carboxylic acids is 1. The maximum Gasteiger partial charge on any atom is 0.337 e. The first-order chi connectivity index (χ1) is 8.90. The number of anilines is 1. The van der Waals surface area contributed by atoms with Gasteiger partial charge in [-0.2, -0.15) is 8.42 Å². The van der Waals surface area contributed by atoms with E-state index in [0.717, 1.165) is 18.2 Å². The third kappa shape index (κ3) is 2.71. The Labute approximate surface area is 107 Å². The van der Waals surface area contributed by atoms with Gasteiger partial charge in [0, 0.05) is 12.4 Å². The second-order valence-corrected chi connectivity index (χ2v) is 5.09. The highest BCUT2D eigenvalue weighted by Gasteiger charge is 2.20. The highest BCUT2D eigenvalue weighted by atomic mass is 32.2. The van der Waals surface area contributed by atoms with E-state index in [1.54, 1.807) is 0 Å². The molecule has 0 aliphatic carbocycles. The second kappa shape index (κ2) is 4.69. The molecule has 2 aromatic rings. The molecule has 0 amide bonds. The molecule has 0 radical (unpaired) electrons. The van der Waals surface area contributed by atoms with E-state index in [2.05, 4.69) is 9.97 Å². The fourth-order valence-electron chi connectivity index (χ4n) is 1.37. The van der Waals surface area contributed by atoms with Crippen LogP contribution < -0.4 is 4.72 Å². The summed E-state index contributed by atoms with van der Waals surface area (Å²) in [5.74, 6) is -2.23. The predicted octanol–water partition coefficient (Wildman–Crippen LogP) is 1.05. The summed E-state index contributed by atoms with van der Waals surface area (Å²) in [7, 11) is -4.04. The number of benzene rings is 1. The zero-order chi connectivity index (χ0) is 14.0. The van der Waals surface area contributed by atoms with Crippen LogP contribution in [-0.2, 0) is 10.0 Å². The molecule has 7 nitrogen and oxygen atoms in total. The number of carboxylic acids is 1. The summed E-state index contributed by atoms with van der Waals surface area (Å²) in [6.07, 6.45) is 2.54. The van der Waals surface area contributed by atoms with Crippen LogP contribution in [0.15, 0.2) is 35.7 Å². The van der Waals surface area contributed by atoms with Gasteiger partial charge < -0.3 is 10.1 Å².